The molecule has 1 unspecified atom stereocenters. The molecule has 1 heterocycles. The summed E-state index contributed by atoms with van der Waals surface area (Å²) >= 11 is 0. The van der Waals surface area contributed by atoms with E-state index in [4.69, 9.17) is 5.11 Å². The van der Waals surface area contributed by atoms with E-state index in [0.29, 0.717) is 12.8 Å². The molecule has 116 valence electrons. The third-order valence-electron chi connectivity index (χ3n) is 3.23. The Labute approximate surface area is 119 Å². The molecule has 1 rings (SSSR count). The zero-order valence-corrected chi connectivity index (χ0v) is 12.8. The van der Waals surface area contributed by atoms with Gasteiger partial charge in [-0.2, -0.15) is 0 Å². The topological polar surface area (TPSA) is 113 Å². The Bertz CT molecular complexity index is 488. The lowest BCUT2D eigenvalue weighted by atomic mass is 10.0. The van der Waals surface area contributed by atoms with E-state index in [2.05, 4.69) is 10.6 Å². The maximum absolute atomic E-state index is 11.8. The van der Waals surface area contributed by atoms with E-state index >= 15 is 0 Å². The number of amides is 2. The largest absolute Gasteiger partial charge is 0.480 e. The van der Waals surface area contributed by atoms with Crippen LogP contribution in [-0.4, -0.2) is 48.6 Å². The first-order valence-corrected chi connectivity index (χ1v) is 8.37. The third-order valence-corrected chi connectivity index (χ3v) is 5.13. The highest BCUT2D eigenvalue weighted by Crippen LogP contribution is 2.22. The van der Waals surface area contributed by atoms with Crippen LogP contribution in [-0.2, 0) is 14.6 Å². The molecule has 0 aliphatic carbocycles. The summed E-state index contributed by atoms with van der Waals surface area (Å²) in [5.74, 6) is -1.05. The van der Waals surface area contributed by atoms with Crippen LogP contribution >= 0.6 is 0 Å². The fraction of sp³-hybridized carbons (Fsp3) is 0.833. The monoisotopic (exact) mass is 306 g/mol. The predicted octanol–water partition coefficient (Wildman–Crippen LogP) is 0.362. The molecule has 0 saturated carbocycles. The zero-order valence-electron chi connectivity index (χ0n) is 12.0. The van der Waals surface area contributed by atoms with Crippen LogP contribution in [0.5, 0.6) is 0 Å². The molecule has 3 N–H and O–H groups in total. The fourth-order valence-electron chi connectivity index (χ4n) is 2.27. The standard InChI is InChI=1S/C12H22N2O5S/c1-8(2)6-9(10(15)16)13-11(17)14-12(3)4-5-20(18,19)7-12/h8-9H,4-7H2,1-3H3,(H,15,16)(H2,13,14,17)/t9-,12?/m0/s1. The number of carbonyl (C=O) groups is 2. The number of urea groups is 1. The molecular formula is C12H22N2O5S. The number of carboxylic acid groups (broad SMARTS) is 1. The highest BCUT2D eigenvalue weighted by atomic mass is 32.2. The molecule has 1 aliphatic rings. The number of rotatable bonds is 5. The molecule has 2 amide bonds. The summed E-state index contributed by atoms with van der Waals surface area (Å²) in [6.07, 6.45) is 0.655. The first kappa shape index (κ1) is 16.7. The van der Waals surface area contributed by atoms with E-state index in [1.165, 1.54) is 0 Å². The Kier molecular flexibility index (Phi) is 5.01. The smallest absolute Gasteiger partial charge is 0.326 e. The predicted molar refractivity (Wildman–Crippen MR) is 74.2 cm³/mol. The van der Waals surface area contributed by atoms with Gasteiger partial charge in [-0.1, -0.05) is 13.8 Å². The summed E-state index contributed by atoms with van der Waals surface area (Å²) in [6, 6.07) is -1.62. The molecule has 0 spiro atoms. The van der Waals surface area contributed by atoms with Crippen molar-refractivity contribution in [2.24, 2.45) is 5.92 Å². The van der Waals surface area contributed by atoms with Crippen LogP contribution in [0.2, 0.25) is 0 Å². The molecule has 0 aromatic rings. The van der Waals surface area contributed by atoms with Crippen molar-refractivity contribution in [3.8, 4) is 0 Å². The Morgan fingerprint density at radius 2 is 1.95 bits per heavy atom. The maximum Gasteiger partial charge on any atom is 0.326 e. The highest BCUT2D eigenvalue weighted by molar-refractivity contribution is 7.91. The molecule has 0 aromatic carbocycles. The summed E-state index contributed by atoms with van der Waals surface area (Å²) < 4.78 is 22.9. The van der Waals surface area contributed by atoms with Crippen molar-refractivity contribution in [1.82, 2.24) is 10.6 Å². The molecule has 20 heavy (non-hydrogen) atoms. The summed E-state index contributed by atoms with van der Waals surface area (Å²) in [7, 11) is -3.12. The van der Waals surface area contributed by atoms with Gasteiger partial charge in [0.15, 0.2) is 9.84 Å². The van der Waals surface area contributed by atoms with Crippen LogP contribution in [0.15, 0.2) is 0 Å². The maximum atomic E-state index is 11.8. The Morgan fingerprint density at radius 1 is 1.35 bits per heavy atom. The molecule has 0 radical (unpaired) electrons. The van der Waals surface area contributed by atoms with E-state index < -0.39 is 33.4 Å². The van der Waals surface area contributed by atoms with Crippen molar-refractivity contribution in [1.29, 1.82) is 0 Å². The van der Waals surface area contributed by atoms with E-state index in [9.17, 15) is 18.0 Å². The minimum Gasteiger partial charge on any atom is -0.480 e. The average molecular weight is 306 g/mol. The molecular weight excluding hydrogens is 284 g/mol. The van der Waals surface area contributed by atoms with Crippen molar-refractivity contribution in [2.45, 2.75) is 45.2 Å². The van der Waals surface area contributed by atoms with Crippen molar-refractivity contribution in [3.05, 3.63) is 0 Å². The highest BCUT2D eigenvalue weighted by Gasteiger charge is 2.39. The number of nitrogens with one attached hydrogen (secondary N) is 2. The second-order valence-electron chi connectivity index (χ2n) is 6.02. The van der Waals surface area contributed by atoms with Crippen LogP contribution in [0.25, 0.3) is 0 Å². The number of carbonyl (C=O) groups excluding carboxylic acids is 1. The molecule has 2 atom stereocenters. The molecule has 1 saturated heterocycles. The van der Waals surface area contributed by atoms with Crippen LogP contribution in [0.1, 0.15) is 33.6 Å². The minimum absolute atomic E-state index is 0.0398. The van der Waals surface area contributed by atoms with E-state index in [-0.39, 0.29) is 17.4 Å². The second-order valence-corrected chi connectivity index (χ2v) is 8.21. The molecule has 7 nitrogen and oxygen atoms in total. The second kappa shape index (κ2) is 5.99. The Hall–Kier alpha value is -1.31. The van der Waals surface area contributed by atoms with Gasteiger partial charge in [0.25, 0.3) is 0 Å². The van der Waals surface area contributed by atoms with Crippen LogP contribution in [0.3, 0.4) is 0 Å². The molecule has 0 bridgehead atoms. The van der Waals surface area contributed by atoms with Gasteiger partial charge in [0.05, 0.1) is 17.0 Å². The fourth-order valence-corrected chi connectivity index (χ4v) is 4.36. The average Bonchev–Trinajstić information content (AvgIpc) is 2.50. The summed E-state index contributed by atoms with van der Waals surface area (Å²) in [4.78, 5) is 22.9. The van der Waals surface area contributed by atoms with Gasteiger partial charge in [-0.05, 0) is 25.7 Å². The van der Waals surface area contributed by atoms with Gasteiger partial charge in [-0.3, -0.25) is 0 Å². The van der Waals surface area contributed by atoms with Crippen molar-refractivity contribution >= 4 is 21.8 Å². The Morgan fingerprint density at radius 3 is 2.35 bits per heavy atom. The van der Waals surface area contributed by atoms with Crippen LogP contribution in [0.4, 0.5) is 4.79 Å². The van der Waals surface area contributed by atoms with Gasteiger partial charge >= 0.3 is 12.0 Å². The number of sulfone groups is 1. The van der Waals surface area contributed by atoms with Crippen molar-refractivity contribution < 1.29 is 23.1 Å². The van der Waals surface area contributed by atoms with Crippen molar-refractivity contribution in [3.63, 3.8) is 0 Å². The van der Waals surface area contributed by atoms with E-state index in [1.54, 1.807) is 6.92 Å². The summed E-state index contributed by atoms with van der Waals surface area (Å²) in [5, 5.41) is 14.0. The molecule has 1 fully saturated rings. The molecule has 8 heteroatoms. The minimum atomic E-state index is -3.12. The van der Waals surface area contributed by atoms with Gasteiger partial charge in [0.2, 0.25) is 0 Å². The molecule has 1 aliphatic heterocycles. The number of aliphatic carboxylic acids is 1. The first-order valence-electron chi connectivity index (χ1n) is 6.55. The van der Waals surface area contributed by atoms with Crippen LogP contribution < -0.4 is 10.6 Å². The van der Waals surface area contributed by atoms with Gasteiger partial charge in [0.1, 0.15) is 6.04 Å². The quantitative estimate of drug-likeness (QED) is 0.679. The van der Waals surface area contributed by atoms with Gasteiger partial charge < -0.3 is 15.7 Å². The Balaban J connectivity index is 2.60. The van der Waals surface area contributed by atoms with E-state index in [1.807, 2.05) is 13.8 Å². The first-order chi connectivity index (χ1) is 9.03. The normalized spacial score (nSPS) is 26.2. The zero-order chi connectivity index (χ0) is 15.6. The lowest BCUT2D eigenvalue weighted by Gasteiger charge is -2.25. The van der Waals surface area contributed by atoms with Gasteiger partial charge in [-0.25, -0.2) is 18.0 Å². The van der Waals surface area contributed by atoms with E-state index in [0.717, 1.165) is 0 Å². The summed E-state index contributed by atoms with van der Waals surface area (Å²) in [5.41, 5.74) is -0.830. The number of carboxylic acids is 1. The summed E-state index contributed by atoms with van der Waals surface area (Å²) in [6.45, 7) is 5.37. The molecule has 0 aromatic heterocycles. The number of hydrogen-bond donors (Lipinski definition) is 3. The SMILES string of the molecule is CC(C)C[C@H](NC(=O)NC1(C)CCS(=O)(=O)C1)C(=O)O. The lowest BCUT2D eigenvalue weighted by Crippen LogP contribution is -2.54. The van der Waals surface area contributed by atoms with Crippen LogP contribution in [0, 0.1) is 5.92 Å². The number of hydrogen-bond acceptors (Lipinski definition) is 4. The van der Waals surface area contributed by atoms with Gasteiger partial charge in [0, 0.05) is 0 Å². The van der Waals surface area contributed by atoms with Gasteiger partial charge in [-0.15, -0.1) is 0 Å². The lowest BCUT2D eigenvalue weighted by molar-refractivity contribution is -0.139. The van der Waals surface area contributed by atoms with Crippen molar-refractivity contribution in [2.75, 3.05) is 11.5 Å². The third kappa shape index (κ3) is 4.99.